The van der Waals surface area contributed by atoms with Crippen LogP contribution in [0.25, 0.3) is 0 Å². The zero-order chi connectivity index (χ0) is 53.6. The van der Waals surface area contributed by atoms with E-state index in [2.05, 4.69) is 65.7 Å². The number of nitrogens with zero attached hydrogens (tertiary/aromatic N) is 2. The maximum atomic E-state index is 12.9. The van der Waals surface area contributed by atoms with Crippen LogP contribution in [0.5, 0.6) is 0 Å². The lowest BCUT2D eigenvalue weighted by Crippen LogP contribution is -2.36. The Balaban J connectivity index is 1.85. The van der Waals surface area contributed by atoms with E-state index in [1.165, 1.54) is 76.4 Å². The molecule has 0 spiro atoms. The molecule has 0 amide bonds. The molecular formula is C52H85N3O16P2. The largest absolute Gasteiger partial charge is 0.481 e. The molecule has 1 fully saturated rings. The highest BCUT2D eigenvalue weighted by molar-refractivity contribution is 7.61. The van der Waals surface area contributed by atoms with E-state index in [4.69, 9.17) is 29.0 Å². The summed E-state index contributed by atoms with van der Waals surface area (Å²) >= 11 is 0. The van der Waals surface area contributed by atoms with Gasteiger partial charge in [-0.25, -0.2) is 13.9 Å². The maximum Gasteiger partial charge on any atom is 0.481 e. The van der Waals surface area contributed by atoms with E-state index in [9.17, 15) is 48.6 Å². The quantitative estimate of drug-likeness (QED) is 0.0117. The molecule has 8 atom stereocenters. The predicted octanol–water partition coefficient (Wildman–Crippen LogP) is 9.86. The van der Waals surface area contributed by atoms with Crippen molar-refractivity contribution >= 4 is 33.4 Å². The van der Waals surface area contributed by atoms with Gasteiger partial charge in [0.15, 0.2) is 12.3 Å². The van der Waals surface area contributed by atoms with Crippen LogP contribution in [0, 0.1) is 0 Å². The van der Waals surface area contributed by atoms with E-state index in [1.54, 1.807) is 12.2 Å². The normalized spacial score (nSPS) is 20.0. The van der Waals surface area contributed by atoms with E-state index in [0.717, 1.165) is 62.1 Å². The van der Waals surface area contributed by atoms with Gasteiger partial charge >= 0.3 is 33.3 Å². The van der Waals surface area contributed by atoms with Crippen molar-refractivity contribution < 1.29 is 71.4 Å². The van der Waals surface area contributed by atoms with Gasteiger partial charge in [-0.1, -0.05) is 177 Å². The third-order valence-electron chi connectivity index (χ3n) is 11.4. The molecule has 1 aromatic heterocycles. The van der Waals surface area contributed by atoms with Gasteiger partial charge in [0.25, 0.3) is 0 Å². The van der Waals surface area contributed by atoms with Gasteiger partial charge in [0.2, 0.25) is 0 Å². The highest BCUT2D eigenvalue weighted by atomic mass is 31.3. The molecule has 0 aliphatic carbocycles. The van der Waals surface area contributed by atoms with E-state index < -0.39 is 89.8 Å². The molecule has 73 heavy (non-hydrogen) atoms. The fraction of sp³-hybridized carbons (Fsp3) is 0.654. The highest BCUT2D eigenvalue weighted by Gasteiger charge is 2.46. The Morgan fingerprint density at radius 2 is 1.26 bits per heavy atom. The van der Waals surface area contributed by atoms with Crippen molar-refractivity contribution in [2.45, 2.75) is 198 Å². The zero-order valence-corrected chi connectivity index (χ0v) is 44.8. The first-order valence-corrected chi connectivity index (χ1v) is 29.0. The Kier molecular flexibility index (Phi) is 35.4. The van der Waals surface area contributed by atoms with Crippen LogP contribution in [0.4, 0.5) is 5.82 Å². The Labute approximate surface area is 432 Å². The summed E-state index contributed by atoms with van der Waals surface area (Å²) in [5.41, 5.74) is 4.57. The van der Waals surface area contributed by atoms with Crippen molar-refractivity contribution in [1.82, 2.24) is 9.55 Å². The molecule has 7 N–H and O–H groups in total. The van der Waals surface area contributed by atoms with Crippen LogP contribution in [0.1, 0.15) is 168 Å². The van der Waals surface area contributed by atoms with Crippen molar-refractivity contribution in [3.05, 3.63) is 95.7 Å². The lowest BCUT2D eigenvalue weighted by molar-refractivity contribution is -0.161. The van der Waals surface area contributed by atoms with Crippen molar-refractivity contribution in [3.8, 4) is 0 Å². The van der Waals surface area contributed by atoms with Crippen molar-refractivity contribution in [3.63, 3.8) is 0 Å². The number of phosphoric acid groups is 2. The first-order chi connectivity index (χ1) is 35.1. The van der Waals surface area contributed by atoms with Crippen molar-refractivity contribution in [1.29, 1.82) is 0 Å². The maximum absolute atomic E-state index is 12.9. The number of esters is 2. The molecule has 1 aliphatic rings. The van der Waals surface area contributed by atoms with E-state index in [0.29, 0.717) is 12.8 Å². The molecule has 1 aliphatic heterocycles. The van der Waals surface area contributed by atoms with Gasteiger partial charge in [-0.2, -0.15) is 9.29 Å². The van der Waals surface area contributed by atoms with Gasteiger partial charge < -0.3 is 45.1 Å². The van der Waals surface area contributed by atoms with Crippen LogP contribution in [0.3, 0.4) is 0 Å². The van der Waals surface area contributed by atoms with E-state index >= 15 is 0 Å². The zero-order valence-electron chi connectivity index (χ0n) is 43.0. The molecule has 2 rings (SSSR count). The number of anilines is 1. The molecule has 2 heterocycles. The molecule has 0 bridgehead atoms. The highest BCUT2D eigenvalue weighted by Crippen LogP contribution is 2.60. The lowest BCUT2D eigenvalue weighted by Gasteiger charge is -2.21. The second kappa shape index (κ2) is 39.6. The van der Waals surface area contributed by atoms with Gasteiger partial charge in [0, 0.05) is 19.0 Å². The number of carbonyl (C=O) groups excluding carboxylic acids is 2. The summed E-state index contributed by atoms with van der Waals surface area (Å²) in [6.07, 6.45) is 37.3. The smallest absolute Gasteiger partial charge is 0.462 e. The Morgan fingerprint density at radius 1 is 0.726 bits per heavy atom. The number of unbranched alkanes of at least 4 members (excludes halogenated alkanes) is 14. The molecule has 0 saturated carbocycles. The first-order valence-electron chi connectivity index (χ1n) is 26.1. The SMILES string of the molecule is CC/C=C\C/C=C\C/C=C\C/C=C\C/C=C\C=C/C(O)CCC(=O)OC[C@H](COP(=O)(O)OP(=O)(O)OC[C@H]1O[C@@H](n2ccc(N)nc2=O)[C@H](O)[C@@H]1O)OC(=O)CCCCCCCCCCCCCCCCC. The van der Waals surface area contributed by atoms with E-state index in [1.807, 2.05) is 12.2 Å². The number of nitrogen functional groups attached to an aromatic ring is 1. The number of hydrogen-bond acceptors (Lipinski definition) is 16. The van der Waals surface area contributed by atoms with Gasteiger partial charge in [0.1, 0.15) is 30.7 Å². The summed E-state index contributed by atoms with van der Waals surface area (Å²) < 4.78 is 56.6. The van der Waals surface area contributed by atoms with Crippen LogP contribution in [0.2, 0.25) is 0 Å². The second-order valence-electron chi connectivity index (χ2n) is 17.8. The number of phosphoric ester groups is 2. The van der Waals surface area contributed by atoms with Crippen LogP contribution < -0.4 is 11.4 Å². The molecule has 0 aromatic carbocycles. The monoisotopic (exact) mass is 1070 g/mol. The van der Waals surface area contributed by atoms with Gasteiger partial charge in [-0.05, 0) is 51.0 Å². The minimum Gasteiger partial charge on any atom is -0.462 e. The molecule has 1 saturated heterocycles. The molecule has 21 heteroatoms. The summed E-state index contributed by atoms with van der Waals surface area (Å²) in [4.78, 5) is 62.0. The fourth-order valence-electron chi connectivity index (χ4n) is 7.36. The van der Waals surface area contributed by atoms with Gasteiger partial charge in [-0.3, -0.25) is 23.2 Å². The number of rotatable bonds is 42. The van der Waals surface area contributed by atoms with Crippen LogP contribution in [-0.2, 0) is 46.3 Å². The van der Waals surface area contributed by atoms with Gasteiger partial charge in [0.05, 0.1) is 19.3 Å². The predicted molar refractivity (Wildman–Crippen MR) is 281 cm³/mol. The van der Waals surface area contributed by atoms with Gasteiger partial charge in [-0.15, -0.1) is 0 Å². The number of aliphatic hydroxyl groups excluding tert-OH is 3. The fourth-order valence-corrected chi connectivity index (χ4v) is 9.47. The van der Waals surface area contributed by atoms with Crippen LogP contribution >= 0.6 is 15.6 Å². The summed E-state index contributed by atoms with van der Waals surface area (Å²) in [6.45, 7) is 1.81. The number of hydrogen-bond donors (Lipinski definition) is 6. The topological polar surface area (TPSA) is 286 Å². The number of aromatic nitrogens is 2. The summed E-state index contributed by atoms with van der Waals surface area (Å²) in [5, 5.41) is 31.3. The molecule has 0 radical (unpaired) electrons. The molecule has 1 aromatic rings. The van der Waals surface area contributed by atoms with E-state index in [-0.39, 0.29) is 25.1 Å². The van der Waals surface area contributed by atoms with Crippen molar-refractivity contribution in [2.75, 3.05) is 25.6 Å². The third kappa shape index (κ3) is 32.3. The standard InChI is InChI=1S/C52H85N3O16P2/c1-3-5-7-9-11-13-15-17-19-21-22-24-26-28-30-32-34-43(56)36-37-47(57)66-40-44(69-48(58)35-33-31-29-27-25-23-20-18-16-14-12-10-8-6-4-2)41-67-72(62,63)71-73(64,65)68-42-45-49(59)50(60)51(70-45)55-39-38-46(53)54-52(55)61/h5,7,11,13,17,19,22,24,28,30,32,34,38-39,43-45,49-51,56,59-60H,3-4,6,8-10,12,14-16,18,20-21,23,25-27,29,31,33,35-37,40-42H2,1-2H3,(H,62,63)(H,64,65)(H2,53,54,61)/b7-5-,13-11-,19-17-,24-22-,30-28-,34-32-/t43?,44-,45-,49-,50-,51-/m1/s1. The number of nitrogens with two attached hydrogens (primary N) is 1. The Morgan fingerprint density at radius 3 is 1.82 bits per heavy atom. The molecule has 414 valence electrons. The lowest BCUT2D eigenvalue weighted by atomic mass is 10.0. The summed E-state index contributed by atoms with van der Waals surface area (Å²) in [5.74, 6) is -1.59. The minimum absolute atomic E-state index is 0.000204. The van der Waals surface area contributed by atoms with Crippen molar-refractivity contribution in [2.24, 2.45) is 0 Å². The second-order valence-corrected chi connectivity index (χ2v) is 20.9. The number of aliphatic hydroxyl groups is 3. The van der Waals surface area contributed by atoms with Crippen LogP contribution in [-0.4, -0.2) is 96.9 Å². The summed E-state index contributed by atoms with van der Waals surface area (Å²) in [6, 6.07) is 1.24. The number of ether oxygens (including phenoxy) is 3. The summed E-state index contributed by atoms with van der Waals surface area (Å²) in [7, 11) is -10.9. The molecule has 3 unspecified atom stereocenters. The Hall–Kier alpha value is -3.84. The Bertz CT molecular complexity index is 2020. The average Bonchev–Trinajstić information content (AvgIpc) is 3.63. The minimum atomic E-state index is -5.47. The average molecular weight is 1070 g/mol. The molecular weight excluding hydrogens is 985 g/mol. The van der Waals surface area contributed by atoms with Crippen LogP contribution in [0.15, 0.2) is 90.0 Å². The molecule has 19 nitrogen and oxygen atoms in total. The number of carbonyl (C=O) groups is 2. The first kappa shape index (κ1) is 65.3. The third-order valence-corrected chi connectivity index (χ3v) is 14.0. The number of allylic oxidation sites excluding steroid dienone is 11.